The fraction of sp³-hybridized carbons (Fsp3) is 0.316. The highest BCUT2D eigenvalue weighted by molar-refractivity contribution is 5.69. The van der Waals surface area contributed by atoms with Crippen molar-refractivity contribution in [2.45, 2.75) is 39.4 Å². The van der Waals surface area contributed by atoms with Crippen LogP contribution < -0.4 is 4.74 Å². The molecule has 22 heavy (non-hydrogen) atoms. The third-order valence-electron chi connectivity index (χ3n) is 3.16. The van der Waals surface area contributed by atoms with Gasteiger partial charge in [-0.05, 0) is 43.5 Å². The zero-order valence-corrected chi connectivity index (χ0v) is 13.1. The standard InChI is InChI=1S/C19H22O3/c1-15(2)22-19(20)13-10-16-8-11-18(12-9-16)21-14-17-6-4-3-5-7-17/h3-9,11-12,15H,10,13-14H2,1-2H3. The van der Waals surface area contributed by atoms with Gasteiger partial charge in [0.2, 0.25) is 0 Å². The van der Waals surface area contributed by atoms with E-state index in [1.54, 1.807) is 0 Å². The van der Waals surface area contributed by atoms with E-state index in [4.69, 9.17) is 9.47 Å². The summed E-state index contributed by atoms with van der Waals surface area (Å²) in [7, 11) is 0. The summed E-state index contributed by atoms with van der Waals surface area (Å²) in [6, 6.07) is 17.9. The summed E-state index contributed by atoms with van der Waals surface area (Å²) in [6.07, 6.45) is 1.04. The molecule has 116 valence electrons. The smallest absolute Gasteiger partial charge is 0.306 e. The van der Waals surface area contributed by atoms with Crippen molar-refractivity contribution in [2.24, 2.45) is 0 Å². The van der Waals surface area contributed by atoms with Gasteiger partial charge in [0.1, 0.15) is 12.4 Å². The van der Waals surface area contributed by atoms with Crippen LogP contribution in [0.25, 0.3) is 0 Å². The molecule has 0 amide bonds. The molecule has 2 aromatic carbocycles. The number of carbonyl (C=O) groups is 1. The summed E-state index contributed by atoms with van der Waals surface area (Å²) in [5.41, 5.74) is 2.25. The van der Waals surface area contributed by atoms with Crippen LogP contribution in [0.15, 0.2) is 54.6 Å². The summed E-state index contributed by atoms with van der Waals surface area (Å²) >= 11 is 0. The third-order valence-corrected chi connectivity index (χ3v) is 3.16. The molecule has 0 atom stereocenters. The van der Waals surface area contributed by atoms with E-state index in [-0.39, 0.29) is 12.1 Å². The van der Waals surface area contributed by atoms with Gasteiger partial charge in [-0.25, -0.2) is 0 Å². The van der Waals surface area contributed by atoms with Crippen molar-refractivity contribution in [1.29, 1.82) is 0 Å². The van der Waals surface area contributed by atoms with E-state index in [2.05, 4.69) is 0 Å². The van der Waals surface area contributed by atoms with Gasteiger partial charge in [0.15, 0.2) is 0 Å². The molecule has 0 N–H and O–H groups in total. The summed E-state index contributed by atoms with van der Waals surface area (Å²) in [4.78, 5) is 11.5. The van der Waals surface area contributed by atoms with Gasteiger partial charge in [-0.3, -0.25) is 4.79 Å². The van der Waals surface area contributed by atoms with Gasteiger partial charge in [-0.2, -0.15) is 0 Å². The maximum Gasteiger partial charge on any atom is 0.306 e. The molecule has 0 bridgehead atoms. The predicted molar refractivity (Wildman–Crippen MR) is 86.8 cm³/mol. The van der Waals surface area contributed by atoms with Crippen molar-refractivity contribution in [2.75, 3.05) is 0 Å². The number of carbonyl (C=O) groups excluding carboxylic acids is 1. The maximum absolute atomic E-state index is 11.5. The highest BCUT2D eigenvalue weighted by Gasteiger charge is 2.06. The Kier molecular flexibility index (Phi) is 6.01. The van der Waals surface area contributed by atoms with E-state index in [0.29, 0.717) is 19.4 Å². The molecule has 2 rings (SSSR count). The molecular weight excluding hydrogens is 276 g/mol. The van der Waals surface area contributed by atoms with Crippen molar-refractivity contribution >= 4 is 5.97 Å². The third kappa shape index (κ3) is 5.60. The van der Waals surface area contributed by atoms with Crippen molar-refractivity contribution in [3.63, 3.8) is 0 Å². The summed E-state index contributed by atoms with van der Waals surface area (Å²) in [6.45, 7) is 4.27. The molecule has 3 heteroatoms. The molecule has 0 aromatic heterocycles. The minimum absolute atomic E-state index is 0.0544. The number of benzene rings is 2. The first kappa shape index (κ1) is 16.1. The Morgan fingerprint density at radius 2 is 1.64 bits per heavy atom. The first-order valence-electron chi connectivity index (χ1n) is 7.58. The Balaban J connectivity index is 1.79. The number of hydrogen-bond donors (Lipinski definition) is 0. The number of ether oxygens (including phenoxy) is 2. The lowest BCUT2D eigenvalue weighted by atomic mass is 10.1. The monoisotopic (exact) mass is 298 g/mol. The van der Waals surface area contributed by atoms with Gasteiger partial charge in [0, 0.05) is 6.42 Å². The Morgan fingerprint density at radius 3 is 2.27 bits per heavy atom. The molecule has 0 unspecified atom stereocenters. The molecule has 0 aliphatic heterocycles. The first-order valence-corrected chi connectivity index (χ1v) is 7.58. The Bertz CT molecular complexity index is 573. The molecule has 0 saturated heterocycles. The molecule has 0 aliphatic carbocycles. The van der Waals surface area contributed by atoms with Gasteiger partial charge in [0.05, 0.1) is 6.10 Å². The molecular formula is C19H22O3. The average molecular weight is 298 g/mol. The minimum atomic E-state index is -0.153. The van der Waals surface area contributed by atoms with Crippen LogP contribution in [0.4, 0.5) is 0 Å². The highest BCUT2D eigenvalue weighted by Crippen LogP contribution is 2.15. The van der Waals surface area contributed by atoms with Crippen LogP contribution in [-0.4, -0.2) is 12.1 Å². The molecule has 2 aromatic rings. The highest BCUT2D eigenvalue weighted by atomic mass is 16.5. The Labute approximate surface area is 131 Å². The predicted octanol–water partition coefficient (Wildman–Crippen LogP) is 4.15. The van der Waals surface area contributed by atoms with Gasteiger partial charge in [-0.1, -0.05) is 42.5 Å². The average Bonchev–Trinajstić information content (AvgIpc) is 2.52. The molecule has 3 nitrogen and oxygen atoms in total. The van der Waals surface area contributed by atoms with Crippen LogP contribution in [0.5, 0.6) is 5.75 Å². The van der Waals surface area contributed by atoms with Gasteiger partial charge < -0.3 is 9.47 Å². The van der Waals surface area contributed by atoms with Gasteiger partial charge in [-0.15, -0.1) is 0 Å². The lowest BCUT2D eigenvalue weighted by molar-refractivity contribution is -0.147. The lowest BCUT2D eigenvalue weighted by Crippen LogP contribution is -2.11. The number of hydrogen-bond acceptors (Lipinski definition) is 3. The van der Waals surface area contributed by atoms with Crippen molar-refractivity contribution < 1.29 is 14.3 Å². The largest absolute Gasteiger partial charge is 0.489 e. The fourth-order valence-electron chi connectivity index (χ4n) is 2.06. The second-order valence-corrected chi connectivity index (χ2v) is 5.46. The second-order valence-electron chi connectivity index (χ2n) is 5.46. The van der Waals surface area contributed by atoms with E-state index in [0.717, 1.165) is 16.9 Å². The second kappa shape index (κ2) is 8.23. The van der Waals surface area contributed by atoms with Gasteiger partial charge >= 0.3 is 5.97 Å². The zero-order valence-electron chi connectivity index (χ0n) is 13.1. The maximum atomic E-state index is 11.5. The van der Waals surface area contributed by atoms with Crippen molar-refractivity contribution in [1.82, 2.24) is 0 Å². The quantitative estimate of drug-likeness (QED) is 0.720. The Morgan fingerprint density at radius 1 is 0.955 bits per heavy atom. The summed E-state index contributed by atoms with van der Waals surface area (Å²) in [5, 5.41) is 0. The molecule has 0 heterocycles. The van der Waals surface area contributed by atoms with E-state index in [1.165, 1.54) is 0 Å². The van der Waals surface area contributed by atoms with Crippen LogP contribution >= 0.6 is 0 Å². The van der Waals surface area contributed by atoms with E-state index >= 15 is 0 Å². The van der Waals surface area contributed by atoms with Crippen molar-refractivity contribution in [3.05, 3.63) is 65.7 Å². The van der Waals surface area contributed by atoms with Crippen molar-refractivity contribution in [3.8, 4) is 5.75 Å². The molecule has 0 spiro atoms. The normalized spacial score (nSPS) is 10.5. The number of esters is 1. The molecule has 0 saturated carbocycles. The summed E-state index contributed by atoms with van der Waals surface area (Å²) < 4.78 is 10.9. The van der Waals surface area contributed by atoms with E-state index in [9.17, 15) is 4.79 Å². The Hall–Kier alpha value is -2.29. The molecule has 0 fully saturated rings. The van der Waals surface area contributed by atoms with E-state index in [1.807, 2.05) is 68.4 Å². The van der Waals surface area contributed by atoms with Crippen LogP contribution in [0.2, 0.25) is 0 Å². The number of aryl methyl sites for hydroxylation is 1. The minimum Gasteiger partial charge on any atom is -0.489 e. The number of rotatable bonds is 7. The topological polar surface area (TPSA) is 35.5 Å². The van der Waals surface area contributed by atoms with Crippen LogP contribution in [0.3, 0.4) is 0 Å². The SMILES string of the molecule is CC(C)OC(=O)CCc1ccc(OCc2ccccc2)cc1. The summed E-state index contributed by atoms with van der Waals surface area (Å²) in [5.74, 6) is 0.678. The van der Waals surface area contributed by atoms with Crippen LogP contribution in [0.1, 0.15) is 31.4 Å². The van der Waals surface area contributed by atoms with Crippen LogP contribution in [0, 0.1) is 0 Å². The molecule has 0 radical (unpaired) electrons. The van der Waals surface area contributed by atoms with E-state index < -0.39 is 0 Å². The first-order chi connectivity index (χ1) is 10.6. The fourth-order valence-corrected chi connectivity index (χ4v) is 2.06. The van der Waals surface area contributed by atoms with Crippen LogP contribution in [-0.2, 0) is 22.6 Å². The van der Waals surface area contributed by atoms with Gasteiger partial charge in [0.25, 0.3) is 0 Å². The lowest BCUT2D eigenvalue weighted by Gasteiger charge is -2.09. The zero-order chi connectivity index (χ0) is 15.8. The molecule has 0 aliphatic rings.